The van der Waals surface area contributed by atoms with Crippen LogP contribution in [0.1, 0.15) is 12.5 Å². The normalized spacial score (nSPS) is 10.7. The quantitative estimate of drug-likeness (QED) is 0.691. The first-order chi connectivity index (χ1) is 8.74. The number of methoxy groups -OCH3 is 2. The zero-order valence-electron chi connectivity index (χ0n) is 11.1. The van der Waals surface area contributed by atoms with Crippen molar-refractivity contribution in [1.29, 1.82) is 0 Å². The van der Waals surface area contributed by atoms with Gasteiger partial charge >= 0.3 is 0 Å². The molecule has 0 aromatic heterocycles. The van der Waals surface area contributed by atoms with Gasteiger partial charge in [0.05, 0.1) is 19.8 Å². The Morgan fingerprint density at radius 2 is 2.00 bits per heavy atom. The molecule has 0 fully saturated rings. The van der Waals surface area contributed by atoms with Gasteiger partial charge in [-0.3, -0.25) is 0 Å². The van der Waals surface area contributed by atoms with Crippen molar-refractivity contribution in [2.75, 3.05) is 32.7 Å². The standard InChI is InChI=1S/C13H21NO4/c1-4-18-12-6-5-11(7-10(12)9-15)14-8-13(16-2)17-3/h5-7,13-15H,4,8-9H2,1-3H3. The molecule has 5 heteroatoms. The van der Waals surface area contributed by atoms with Gasteiger partial charge in [0.1, 0.15) is 5.75 Å². The Morgan fingerprint density at radius 1 is 1.28 bits per heavy atom. The van der Waals surface area contributed by atoms with Gasteiger partial charge in [0.2, 0.25) is 0 Å². The van der Waals surface area contributed by atoms with Crippen molar-refractivity contribution in [1.82, 2.24) is 0 Å². The van der Waals surface area contributed by atoms with E-state index in [0.29, 0.717) is 18.9 Å². The molecule has 0 aliphatic heterocycles. The fraction of sp³-hybridized carbons (Fsp3) is 0.538. The predicted molar refractivity (Wildman–Crippen MR) is 69.8 cm³/mol. The lowest BCUT2D eigenvalue weighted by Crippen LogP contribution is -2.23. The summed E-state index contributed by atoms with van der Waals surface area (Å²) in [7, 11) is 3.18. The maximum absolute atomic E-state index is 9.28. The van der Waals surface area contributed by atoms with E-state index >= 15 is 0 Å². The third-order valence-corrected chi connectivity index (χ3v) is 2.53. The van der Waals surface area contributed by atoms with Gasteiger partial charge < -0.3 is 24.6 Å². The monoisotopic (exact) mass is 255 g/mol. The largest absolute Gasteiger partial charge is 0.494 e. The van der Waals surface area contributed by atoms with Gasteiger partial charge in [-0.05, 0) is 25.1 Å². The van der Waals surface area contributed by atoms with E-state index in [1.165, 1.54) is 0 Å². The molecule has 102 valence electrons. The summed E-state index contributed by atoms with van der Waals surface area (Å²) >= 11 is 0. The number of ether oxygens (including phenoxy) is 3. The predicted octanol–water partition coefficient (Wildman–Crippen LogP) is 1.61. The molecule has 1 aromatic rings. The highest BCUT2D eigenvalue weighted by atomic mass is 16.7. The molecule has 2 N–H and O–H groups in total. The lowest BCUT2D eigenvalue weighted by Gasteiger charge is -2.16. The SMILES string of the molecule is CCOc1ccc(NCC(OC)OC)cc1CO. The van der Waals surface area contributed by atoms with Crippen LogP contribution in [0.2, 0.25) is 0 Å². The Balaban J connectivity index is 2.67. The minimum Gasteiger partial charge on any atom is -0.494 e. The molecule has 5 nitrogen and oxygen atoms in total. The number of aliphatic hydroxyl groups is 1. The van der Waals surface area contributed by atoms with E-state index < -0.39 is 0 Å². The summed E-state index contributed by atoms with van der Waals surface area (Å²) in [5.74, 6) is 0.709. The van der Waals surface area contributed by atoms with Crippen molar-refractivity contribution >= 4 is 5.69 Å². The van der Waals surface area contributed by atoms with E-state index in [-0.39, 0.29) is 12.9 Å². The summed E-state index contributed by atoms with van der Waals surface area (Å²) in [4.78, 5) is 0. The number of hydrogen-bond donors (Lipinski definition) is 2. The van der Waals surface area contributed by atoms with Gasteiger partial charge in [-0.25, -0.2) is 0 Å². The Hall–Kier alpha value is -1.30. The van der Waals surface area contributed by atoms with Gasteiger partial charge in [-0.1, -0.05) is 0 Å². The summed E-state index contributed by atoms with van der Waals surface area (Å²) in [6.45, 7) is 2.97. The van der Waals surface area contributed by atoms with Crippen LogP contribution in [0.5, 0.6) is 5.75 Å². The first-order valence-electron chi connectivity index (χ1n) is 5.91. The fourth-order valence-corrected chi connectivity index (χ4v) is 1.57. The molecule has 0 heterocycles. The summed E-state index contributed by atoms with van der Waals surface area (Å²) in [5.41, 5.74) is 1.65. The minimum absolute atomic E-state index is 0.0527. The second-order valence-corrected chi connectivity index (χ2v) is 3.70. The van der Waals surface area contributed by atoms with Crippen molar-refractivity contribution in [2.24, 2.45) is 0 Å². The van der Waals surface area contributed by atoms with E-state index in [2.05, 4.69) is 5.32 Å². The molecular weight excluding hydrogens is 234 g/mol. The van der Waals surface area contributed by atoms with Crippen molar-refractivity contribution in [3.05, 3.63) is 23.8 Å². The molecule has 0 atom stereocenters. The van der Waals surface area contributed by atoms with Crippen LogP contribution in [-0.2, 0) is 16.1 Å². The lowest BCUT2D eigenvalue weighted by atomic mass is 10.2. The summed E-state index contributed by atoms with van der Waals surface area (Å²) < 4.78 is 15.6. The van der Waals surface area contributed by atoms with Crippen LogP contribution in [0.4, 0.5) is 5.69 Å². The Kier molecular flexibility index (Phi) is 6.49. The number of anilines is 1. The van der Waals surface area contributed by atoms with E-state index in [9.17, 15) is 5.11 Å². The zero-order valence-corrected chi connectivity index (χ0v) is 11.1. The summed E-state index contributed by atoms with van der Waals surface area (Å²) in [6, 6.07) is 5.59. The molecule has 0 bridgehead atoms. The minimum atomic E-state index is -0.297. The first-order valence-corrected chi connectivity index (χ1v) is 5.91. The second kappa shape index (κ2) is 7.92. The number of nitrogens with one attached hydrogen (secondary N) is 1. The third kappa shape index (κ3) is 4.18. The number of rotatable bonds is 8. The van der Waals surface area contributed by atoms with Crippen molar-refractivity contribution < 1.29 is 19.3 Å². The molecule has 0 amide bonds. The molecule has 18 heavy (non-hydrogen) atoms. The van der Waals surface area contributed by atoms with Crippen molar-refractivity contribution in [2.45, 2.75) is 19.8 Å². The highest BCUT2D eigenvalue weighted by molar-refractivity contribution is 5.51. The van der Waals surface area contributed by atoms with Crippen molar-refractivity contribution in [3.63, 3.8) is 0 Å². The second-order valence-electron chi connectivity index (χ2n) is 3.70. The molecule has 0 radical (unpaired) electrons. The summed E-state index contributed by atoms with van der Waals surface area (Å²) in [5, 5.41) is 12.5. The molecule has 0 saturated carbocycles. The maximum atomic E-state index is 9.28. The number of hydrogen-bond acceptors (Lipinski definition) is 5. The summed E-state index contributed by atoms with van der Waals surface area (Å²) in [6.07, 6.45) is -0.297. The Labute approximate surface area is 108 Å². The van der Waals surface area contributed by atoms with E-state index in [4.69, 9.17) is 14.2 Å². The Bertz CT molecular complexity index is 353. The maximum Gasteiger partial charge on any atom is 0.173 e. The van der Waals surface area contributed by atoms with Gasteiger partial charge in [0.25, 0.3) is 0 Å². The first kappa shape index (κ1) is 14.8. The van der Waals surface area contributed by atoms with Gasteiger partial charge in [-0.15, -0.1) is 0 Å². The molecule has 1 aromatic carbocycles. The lowest BCUT2D eigenvalue weighted by molar-refractivity contribution is -0.0914. The molecule has 1 rings (SSSR count). The average Bonchev–Trinajstić information content (AvgIpc) is 2.41. The van der Waals surface area contributed by atoms with Gasteiger partial charge in [0, 0.05) is 25.5 Å². The van der Waals surface area contributed by atoms with Crippen molar-refractivity contribution in [3.8, 4) is 5.75 Å². The molecule has 0 spiro atoms. The van der Waals surface area contributed by atoms with E-state index in [0.717, 1.165) is 11.3 Å². The van der Waals surface area contributed by atoms with Crippen LogP contribution in [0.15, 0.2) is 18.2 Å². The number of aliphatic hydroxyl groups excluding tert-OH is 1. The van der Waals surface area contributed by atoms with Crippen LogP contribution in [0.25, 0.3) is 0 Å². The van der Waals surface area contributed by atoms with E-state index in [1.54, 1.807) is 14.2 Å². The molecule has 0 saturated heterocycles. The van der Waals surface area contributed by atoms with Gasteiger partial charge in [0.15, 0.2) is 6.29 Å². The fourth-order valence-electron chi connectivity index (χ4n) is 1.57. The topological polar surface area (TPSA) is 60.0 Å². The Morgan fingerprint density at radius 3 is 2.56 bits per heavy atom. The van der Waals surface area contributed by atoms with Crippen LogP contribution in [0, 0.1) is 0 Å². The molecule has 0 aliphatic rings. The highest BCUT2D eigenvalue weighted by Gasteiger charge is 2.07. The van der Waals surface area contributed by atoms with Crippen LogP contribution in [-0.4, -0.2) is 38.8 Å². The van der Waals surface area contributed by atoms with Gasteiger partial charge in [-0.2, -0.15) is 0 Å². The third-order valence-electron chi connectivity index (χ3n) is 2.53. The van der Waals surface area contributed by atoms with E-state index in [1.807, 2.05) is 25.1 Å². The average molecular weight is 255 g/mol. The number of benzene rings is 1. The molecule has 0 aliphatic carbocycles. The molecule has 0 unspecified atom stereocenters. The van der Waals surface area contributed by atoms with Crippen LogP contribution in [0.3, 0.4) is 0 Å². The molecular formula is C13H21NO4. The zero-order chi connectivity index (χ0) is 13.4. The highest BCUT2D eigenvalue weighted by Crippen LogP contribution is 2.23. The van der Waals surface area contributed by atoms with Crippen LogP contribution < -0.4 is 10.1 Å². The smallest absolute Gasteiger partial charge is 0.173 e. The van der Waals surface area contributed by atoms with Crippen LogP contribution >= 0.6 is 0 Å².